The number of alkyl carbamates (subject to hydrolysis) is 2. The van der Waals surface area contributed by atoms with Gasteiger partial charge in [-0.15, -0.1) is 0 Å². The van der Waals surface area contributed by atoms with Gasteiger partial charge in [-0.2, -0.15) is 0 Å². The van der Waals surface area contributed by atoms with Crippen molar-refractivity contribution in [2.24, 2.45) is 11.8 Å². The molecule has 0 aromatic heterocycles. The van der Waals surface area contributed by atoms with E-state index in [4.69, 9.17) is 9.47 Å². The molecule has 4 atom stereocenters. The molecule has 0 radical (unpaired) electrons. The Morgan fingerprint density at radius 2 is 1.07 bits per heavy atom. The number of aliphatic hydroxyl groups is 1. The summed E-state index contributed by atoms with van der Waals surface area (Å²) >= 11 is 0. The minimum Gasteiger partial charge on any atom is -0.445 e. The molecule has 1 fully saturated rings. The summed E-state index contributed by atoms with van der Waals surface area (Å²) in [4.78, 5) is 51.7. The summed E-state index contributed by atoms with van der Waals surface area (Å²) in [6.07, 6.45) is -0.0791. The van der Waals surface area contributed by atoms with Gasteiger partial charge in [-0.05, 0) is 55.1 Å². The van der Waals surface area contributed by atoms with Gasteiger partial charge < -0.3 is 35.8 Å². The fourth-order valence-corrected chi connectivity index (χ4v) is 5.28. The molecule has 3 rings (SSSR count). The van der Waals surface area contributed by atoms with E-state index in [-0.39, 0.29) is 25.0 Å². The van der Waals surface area contributed by atoms with Crippen LogP contribution < -0.4 is 21.3 Å². The molecule has 11 heteroatoms. The number of benzene rings is 2. The van der Waals surface area contributed by atoms with Gasteiger partial charge in [-0.1, -0.05) is 88.4 Å². The Hall–Kier alpha value is -4.12. The molecule has 0 unspecified atom stereocenters. The molecule has 1 saturated carbocycles. The lowest BCUT2D eigenvalue weighted by molar-refractivity contribution is -0.127. The Morgan fingerprint density at radius 3 is 1.42 bits per heavy atom. The lowest BCUT2D eigenvalue weighted by Crippen LogP contribution is -2.61. The fraction of sp³-hybridized carbons (Fsp3) is 0.529. The van der Waals surface area contributed by atoms with Crippen LogP contribution in [0.2, 0.25) is 0 Å². The first kappa shape index (κ1) is 35.4. The summed E-state index contributed by atoms with van der Waals surface area (Å²) in [7, 11) is 0. The highest BCUT2D eigenvalue weighted by Crippen LogP contribution is 2.21. The van der Waals surface area contributed by atoms with Gasteiger partial charge in [-0.25, -0.2) is 9.59 Å². The Kier molecular flexibility index (Phi) is 14.1. The van der Waals surface area contributed by atoms with E-state index in [1.807, 2.05) is 88.4 Å². The molecule has 1 aliphatic rings. The first-order valence-corrected chi connectivity index (χ1v) is 15.7. The Labute approximate surface area is 265 Å². The van der Waals surface area contributed by atoms with Crippen molar-refractivity contribution in [3.8, 4) is 0 Å². The van der Waals surface area contributed by atoms with E-state index >= 15 is 0 Å². The molecular weight excluding hydrogens is 576 g/mol. The molecule has 0 saturated heterocycles. The van der Waals surface area contributed by atoms with Crippen LogP contribution in [0.1, 0.15) is 70.9 Å². The maximum absolute atomic E-state index is 13.3. The summed E-state index contributed by atoms with van der Waals surface area (Å²) in [5, 5.41) is 22.3. The van der Waals surface area contributed by atoms with Crippen LogP contribution in [0.15, 0.2) is 60.7 Å². The second kappa shape index (κ2) is 18.0. The quantitative estimate of drug-likeness (QED) is 0.211. The Morgan fingerprint density at radius 1 is 0.689 bits per heavy atom. The highest BCUT2D eigenvalue weighted by atomic mass is 16.6. The molecule has 0 aliphatic heterocycles. The zero-order valence-electron chi connectivity index (χ0n) is 26.7. The van der Waals surface area contributed by atoms with Gasteiger partial charge in [0.05, 0.1) is 18.2 Å². The number of hydrogen-bond acceptors (Lipinski definition) is 7. The molecule has 4 amide bonds. The normalized spacial score (nSPS) is 18.0. The standard InChI is InChI=1S/C34H48N4O7/c1-22(2)18-28(37-33(42)44-20-24-12-7-5-8-13-24)31(40)35-26-16-11-17-27(30(26)39)36-32(41)29(19-23(3)4)38-34(43)45-21-25-14-9-6-10-15-25/h5-10,12-15,22-23,26-30,39H,11,16-21H2,1-4H3,(H,35,40)(H,36,41)(H,37,42)(H,38,43)/t26-,27-,28-,29-/m0/s1. The number of carbonyl (C=O) groups excluding carboxylic acids is 4. The predicted molar refractivity (Wildman–Crippen MR) is 170 cm³/mol. The van der Waals surface area contributed by atoms with Crippen molar-refractivity contribution < 1.29 is 33.8 Å². The number of nitrogens with one attached hydrogen (secondary N) is 4. The maximum Gasteiger partial charge on any atom is 0.408 e. The maximum atomic E-state index is 13.3. The van der Waals surface area contributed by atoms with Crippen LogP contribution in [0.3, 0.4) is 0 Å². The van der Waals surface area contributed by atoms with Crippen molar-refractivity contribution in [3.05, 3.63) is 71.8 Å². The van der Waals surface area contributed by atoms with Crippen LogP contribution >= 0.6 is 0 Å². The van der Waals surface area contributed by atoms with Gasteiger partial charge in [0.1, 0.15) is 25.3 Å². The summed E-state index contributed by atoms with van der Waals surface area (Å²) in [6, 6.07) is 15.5. The third kappa shape index (κ3) is 12.4. The average Bonchev–Trinajstić information content (AvgIpc) is 3.01. The lowest BCUT2D eigenvalue weighted by atomic mass is 9.87. The third-order valence-corrected chi connectivity index (χ3v) is 7.57. The minimum atomic E-state index is -1.07. The van der Waals surface area contributed by atoms with E-state index in [1.165, 1.54) is 0 Å². The largest absolute Gasteiger partial charge is 0.445 e. The zero-order chi connectivity index (χ0) is 32.8. The molecule has 0 bridgehead atoms. The SMILES string of the molecule is CC(C)C[C@H](NC(=O)OCc1ccccc1)C(=O)N[C@H]1CCC[C@H](NC(=O)[C@H](CC(C)C)NC(=O)OCc2ccccc2)C1O. The molecule has 45 heavy (non-hydrogen) atoms. The average molecular weight is 625 g/mol. The van der Waals surface area contributed by atoms with Crippen molar-refractivity contribution in [2.75, 3.05) is 0 Å². The van der Waals surface area contributed by atoms with Gasteiger partial charge >= 0.3 is 12.2 Å². The monoisotopic (exact) mass is 624 g/mol. The molecule has 1 aliphatic carbocycles. The number of aliphatic hydroxyl groups excluding tert-OH is 1. The first-order valence-electron chi connectivity index (χ1n) is 15.7. The molecule has 0 heterocycles. The van der Waals surface area contributed by atoms with E-state index in [0.29, 0.717) is 32.1 Å². The van der Waals surface area contributed by atoms with Crippen LogP contribution in [0.25, 0.3) is 0 Å². The number of rotatable bonds is 14. The van der Waals surface area contributed by atoms with E-state index < -0.39 is 54.3 Å². The van der Waals surface area contributed by atoms with Crippen molar-refractivity contribution >= 4 is 24.0 Å². The Bertz CT molecular complexity index is 1130. The van der Waals surface area contributed by atoms with E-state index in [2.05, 4.69) is 21.3 Å². The fourth-order valence-electron chi connectivity index (χ4n) is 5.28. The smallest absolute Gasteiger partial charge is 0.408 e. The Balaban J connectivity index is 1.56. The van der Waals surface area contributed by atoms with E-state index in [0.717, 1.165) is 11.1 Å². The van der Waals surface area contributed by atoms with E-state index in [1.54, 1.807) is 0 Å². The van der Waals surface area contributed by atoms with Crippen LogP contribution in [0, 0.1) is 11.8 Å². The predicted octanol–water partition coefficient (Wildman–Crippen LogP) is 4.18. The summed E-state index contributed by atoms with van der Waals surface area (Å²) in [5.41, 5.74) is 1.65. The van der Waals surface area contributed by atoms with Gasteiger partial charge in [0.15, 0.2) is 0 Å². The third-order valence-electron chi connectivity index (χ3n) is 7.57. The van der Waals surface area contributed by atoms with Crippen LogP contribution in [0.5, 0.6) is 0 Å². The summed E-state index contributed by atoms with van der Waals surface area (Å²) < 4.78 is 10.6. The minimum absolute atomic E-state index is 0.0722. The van der Waals surface area contributed by atoms with Crippen LogP contribution in [-0.4, -0.2) is 59.4 Å². The van der Waals surface area contributed by atoms with Crippen molar-refractivity contribution in [1.29, 1.82) is 0 Å². The van der Waals surface area contributed by atoms with Crippen LogP contribution in [-0.2, 0) is 32.3 Å². The molecule has 2 aromatic rings. The van der Waals surface area contributed by atoms with Gasteiger partial charge in [-0.3, -0.25) is 9.59 Å². The molecular formula is C34H48N4O7. The second-order valence-electron chi connectivity index (χ2n) is 12.4. The van der Waals surface area contributed by atoms with Crippen molar-refractivity contribution in [3.63, 3.8) is 0 Å². The molecule has 0 spiro atoms. The number of hydrogen-bond donors (Lipinski definition) is 5. The topological polar surface area (TPSA) is 155 Å². The zero-order valence-corrected chi connectivity index (χ0v) is 26.7. The van der Waals surface area contributed by atoms with Crippen molar-refractivity contribution in [1.82, 2.24) is 21.3 Å². The summed E-state index contributed by atoms with van der Waals surface area (Å²) in [6.45, 7) is 7.91. The van der Waals surface area contributed by atoms with Crippen molar-refractivity contribution in [2.45, 2.75) is 103 Å². The number of ether oxygens (including phenoxy) is 2. The highest BCUT2D eigenvalue weighted by molar-refractivity contribution is 5.87. The molecule has 5 N–H and O–H groups in total. The molecule has 2 aromatic carbocycles. The van der Waals surface area contributed by atoms with Gasteiger partial charge in [0, 0.05) is 0 Å². The second-order valence-corrected chi connectivity index (χ2v) is 12.4. The van der Waals surface area contributed by atoms with Crippen LogP contribution in [0.4, 0.5) is 9.59 Å². The first-order chi connectivity index (χ1) is 21.5. The molecule has 11 nitrogen and oxygen atoms in total. The summed E-state index contributed by atoms with van der Waals surface area (Å²) in [5.74, 6) is -0.666. The molecule has 246 valence electrons. The van der Waals surface area contributed by atoms with E-state index in [9.17, 15) is 24.3 Å². The number of amides is 4. The highest BCUT2D eigenvalue weighted by Gasteiger charge is 2.36. The van der Waals surface area contributed by atoms with Gasteiger partial charge in [0.25, 0.3) is 0 Å². The van der Waals surface area contributed by atoms with Gasteiger partial charge in [0.2, 0.25) is 11.8 Å². The number of carbonyl (C=O) groups is 4. The lowest BCUT2D eigenvalue weighted by Gasteiger charge is -2.37.